The van der Waals surface area contributed by atoms with Crippen molar-refractivity contribution in [3.63, 3.8) is 0 Å². The van der Waals surface area contributed by atoms with Gasteiger partial charge in [0.05, 0.1) is 5.60 Å². The lowest BCUT2D eigenvalue weighted by Gasteiger charge is -2.34. The van der Waals surface area contributed by atoms with Gasteiger partial charge in [-0.1, -0.05) is 57.0 Å². The molecular weight excluding hydrogens is 300 g/mol. The first-order valence-electron chi connectivity index (χ1n) is 8.73. The average Bonchev–Trinajstić information content (AvgIpc) is 2.67. The Balaban J connectivity index is 2.14. The van der Waals surface area contributed by atoms with Crippen molar-refractivity contribution in [1.82, 2.24) is 0 Å². The standard InChI is InChI=1S/C19H31BNOP/c1-6-7-8-9-16-12-15(10-11-17(16)21-23)13-20-14-18(2,3)19(4,5)22-20/h8-12,21H,6-7,13-14,23H2,1-5H3/b9-8+. The Morgan fingerprint density at radius 2 is 2.04 bits per heavy atom. The number of benzene rings is 1. The van der Waals surface area contributed by atoms with Gasteiger partial charge < -0.3 is 9.74 Å². The fourth-order valence-corrected chi connectivity index (χ4v) is 3.46. The summed E-state index contributed by atoms with van der Waals surface area (Å²) in [5, 5.41) is 3.20. The fourth-order valence-electron chi connectivity index (χ4n) is 3.20. The third-order valence-corrected chi connectivity index (χ3v) is 5.63. The van der Waals surface area contributed by atoms with Crippen LogP contribution in [0.1, 0.15) is 58.6 Å². The third kappa shape index (κ3) is 4.40. The molecule has 1 unspecified atom stereocenters. The maximum atomic E-state index is 6.33. The first-order chi connectivity index (χ1) is 10.8. The predicted molar refractivity (Wildman–Crippen MR) is 107 cm³/mol. The number of hydrogen-bond acceptors (Lipinski definition) is 2. The topological polar surface area (TPSA) is 21.3 Å². The molecule has 1 heterocycles. The molecule has 2 nitrogen and oxygen atoms in total. The van der Waals surface area contributed by atoms with Gasteiger partial charge in [-0.05, 0) is 59.3 Å². The molecule has 1 aliphatic rings. The maximum Gasteiger partial charge on any atom is 0.298 e. The van der Waals surface area contributed by atoms with Crippen molar-refractivity contribution >= 4 is 28.1 Å². The molecule has 1 aliphatic heterocycles. The van der Waals surface area contributed by atoms with Gasteiger partial charge in [-0.25, -0.2) is 0 Å². The molecule has 23 heavy (non-hydrogen) atoms. The number of anilines is 1. The van der Waals surface area contributed by atoms with Gasteiger partial charge in [0, 0.05) is 5.69 Å². The maximum absolute atomic E-state index is 6.33. The van der Waals surface area contributed by atoms with E-state index in [0.29, 0.717) is 6.92 Å². The molecule has 0 spiro atoms. The lowest BCUT2D eigenvalue weighted by atomic mass is 9.55. The summed E-state index contributed by atoms with van der Waals surface area (Å²) in [5.41, 5.74) is 3.93. The zero-order valence-corrected chi connectivity index (χ0v) is 16.4. The normalized spacial score (nSPS) is 19.5. The lowest BCUT2D eigenvalue weighted by Crippen LogP contribution is -2.34. The molecule has 4 heteroatoms. The Morgan fingerprint density at radius 1 is 1.30 bits per heavy atom. The second kappa shape index (κ2) is 7.41. The summed E-state index contributed by atoms with van der Waals surface area (Å²) in [7, 11) is 2.59. The first kappa shape index (κ1) is 18.6. The molecule has 0 radical (unpaired) electrons. The lowest BCUT2D eigenvalue weighted by molar-refractivity contribution is 0.0360. The van der Waals surface area contributed by atoms with E-state index < -0.39 is 0 Å². The Kier molecular flexibility index (Phi) is 5.97. The Morgan fingerprint density at radius 3 is 2.61 bits per heavy atom. The van der Waals surface area contributed by atoms with Crippen molar-refractivity contribution < 1.29 is 4.65 Å². The van der Waals surface area contributed by atoms with Crippen molar-refractivity contribution in [3.05, 3.63) is 35.4 Å². The summed E-state index contributed by atoms with van der Waals surface area (Å²) >= 11 is 0. The molecule has 0 amide bonds. The molecule has 1 atom stereocenters. The van der Waals surface area contributed by atoms with Gasteiger partial charge in [0.2, 0.25) is 0 Å². The van der Waals surface area contributed by atoms with Crippen molar-refractivity contribution in [1.29, 1.82) is 0 Å². The van der Waals surface area contributed by atoms with Gasteiger partial charge in [0.15, 0.2) is 0 Å². The van der Waals surface area contributed by atoms with E-state index in [1.165, 1.54) is 17.5 Å². The van der Waals surface area contributed by atoms with Crippen LogP contribution >= 0.6 is 9.39 Å². The fraction of sp³-hybridized carbons (Fsp3) is 0.579. The monoisotopic (exact) mass is 331 g/mol. The largest absolute Gasteiger partial charge is 0.430 e. The van der Waals surface area contributed by atoms with E-state index >= 15 is 0 Å². The summed E-state index contributed by atoms with van der Waals surface area (Å²) in [5.74, 6) is 0. The van der Waals surface area contributed by atoms with Crippen molar-refractivity contribution in [3.8, 4) is 0 Å². The van der Waals surface area contributed by atoms with Crippen LogP contribution in [0.15, 0.2) is 24.3 Å². The molecule has 1 fully saturated rings. The predicted octanol–water partition coefficient (Wildman–Crippen LogP) is 5.61. The summed E-state index contributed by atoms with van der Waals surface area (Å²) < 4.78 is 6.33. The van der Waals surface area contributed by atoms with Crippen molar-refractivity contribution in [2.45, 2.75) is 65.7 Å². The second-order valence-electron chi connectivity index (χ2n) is 7.80. The Labute approximate surface area is 144 Å². The number of allylic oxidation sites excluding steroid dienone is 1. The highest BCUT2D eigenvalue weighted by atomic mass is 31.0. The van der Waals surface area contributed by atoms with Crippen LogP contribution in [0.2, 0.25) is 6.32 Å². The first-order valence-corrected chi connectivity index (χ1v) is 9.30. The van der Waals surface area contributed by atoms with Crippen LogP contribution in [0, 0.1) is 5.41 Å². The molecule has 1 N–H and O–H groups in total. The van der Waals surface area contributed by atoms with Crippen molar-refractivity contribution in [2.75, 3.05) is 5.09 Å². The van der Waals surface area contributed by atoms with E-state index in [0.717, 1.165) is 24.7 Å². The van der Waals surface area contributed by atoms with Crippen molar-refractivity contribution in [2.24, 2.45) is 5.41 Å². The van der Waals surface area contributed by atoms with Crippen LogP contribution in [-0.4, -0.2) is 12.5 Å². The summed E-state index contributed by atoms with van der Waals surface area (Å²) in [6, 6.07) is 6.67. The molecule has 0 bridgehead atoms. The minimum atomic E-state index is -0.0525. The van der Waals surface area contributed by atoms with Crippen LogP contribution in [0.3, 0.4) is 0 Å². The van der Waals surface area contributed by atoms with Gasteiger partial charge >= 0.3 is 0 Å². The number of hydrogen-bond donors (Lipinski definition) is 1. The second-order valence-corrected chi connectivity index (χ2v) is 8.09. The number of rotatable bonds is 6. The van der Waals surface area contributed by atoms with E-state index in [1.54, 1.807) is 0 Å². The van der Waals surface area contributed by atoms with Gasteiger partial charge in [0.1, 0.15) is 0 Å². The van der Waals surface area contributed by atoms with Gasteiger partial charge in [-0.2, -0.15) is 0 Å². The van der Waals surface area contributed by atoms with E-state index in [-0.39, 0.29) is 11.0 Å². The highest BCUT2D eigenvalue weighted by Gasteiger charge is 2.48. The molecule has 2 rings (SSSR count). The molecule has 0 saturated carbocycles. The van der Waals surface area contributed by atoms with E-state index in [2.05, 4.69) is 79.4 Å². The van der Waals surface area contributed by atoms with Crippen LogP contribution in [0.4, 0.5) is 5.69 Å². The highest BCUT2D eigenvalue weighted by Crippen LogP contribution is 2.45. The third-order valence-electron chi connectivity index (χ3n) is 5.32. The molecular formula is C19H31BNOP. The zero-order valence-electron chi connectivity index (χ0n) is 15.3. The molecule has 1 saturated heterocycles. The molecule has 0 aliphatic carbocycles. The molecule has 1 aromatic carbocycles. The van der Waals surface area contributed by atoms with Crippen LogP contribution in [-0.2, 0) is 11.0 Å². The minimum absolute atomic E-state index is 0.0525. The number of unbranched alkanes of at least 4 members (excludes halogenated alkanes) is 1. The van der Waals surface area contributed by atoms with Crippen LogP contribution in [0.5, 0.6) is 0 Å². The van der Waals surface area contributed by atoms with Gasteiger partial charge in [0.25, 0.3) is 6.92 Å². The van der Waals surface area contributed by atoms with Gasteiger partial charge in [-0.15, -0.1) is 0 Å². The Bertz CT molecular complexity index is 552. The van der Waals surface area contributed by atoms with E-state index in [1.807, 2.05) is 0 Å². The Hall–Kier alpha value is -0.785. The smallest absolute Gasteiger partial charge is 0.298 e. The van der Waals surface area contributed by atoms with Crippen LogP contribution < -0.4 is 5.09 Å². The summed E-state index contributed by atoms with van der Waals surface area (Å²) in [6.45, 7) is 11.6. The zero-order chi connectivity index (χ0) is 17.1. The molecule has 1 aromatic rings. The minimum Gasteiger partial charge on any atom is -0.430 e. The van der Waals surface area contributed by atoms with E-state index in [4.69, 9.17) is 4.65 Å². The SMILES string of the molecule is CCC/C=C/c1cc(CB2CC(C)(C)C(C)(C)O2)ccc1NP. The van der Waals surface area contributed by atoms with Gasteiger partial charge in [-0.3, -0.25) is 0 Å². The van der Waals surface area contributed by atoms with Crippen LogP contribution in [0.25, 0.3) is 6.08 Å². The highest BCUT2D eigenvalue weighted by molar-refractivity contribution is 7.18. The quantitative estimate of drug-likeness (QED) is 0.540. The molecule has 126 valence electrons. The average molecular weight is 331 g/mol. The summed E-state index contributed by atoms with van der Waals surface area (Å²) in [4.78, 5) is 0. The molecule has 0 aromatic heterocycles. The summed E-state index contributed by atoms with van der Waals surface area (Å²) in [6.07, 6.45) is 8.88. The number of nitrogens with one attached hydrogen (secondary N) is 1. The van der Waals surface area contributed by atoms with E-state index in [9.17, 15) is 0 Å².